The number of hydroxylamine groups is 1. The van der Waals surface area contributed by atoms with Gasteiger partial charge in [0, 0.05) is 49.5 Å². The van der Waals surface area contributed by atoms with Crippen LogP contribution >= 0.6 is 11.8 Å². The van der Waals surface area contributed by atoms with Crippen molar-refractivity contribution in [3.63, 3.8) is 0 Å². The van der Waals surface area contributed by atoms with Gasteiger partial charge in [0.2, 0.25) is 11.8 Å². The fourth-order valence-electron chi connectivity index (χ4n) is 5.51. The summed E-state index contributed by atoms with van der Waals surface area (Å²) in [6.45, 7) is 0.439. The Morgan fingerprint density at radius 3 is 2.21 bits per heavy atom. The van der Waals surface area contributed by atoms with Crippen LogP contribution in [0.15, 0.2) is 96.4 Å². The Morgan fingerprint density at radius 1 is 0.792 bits per heavy atom. The molecule has 2 heterocycles. The standard InChI is InChI=1S/C37H42N4O6S/c42-24-26-11-13-29(14-12-26)33-22-32(25-48-37-38-19-6-20-39-37)46-36(47-33)30-17-15-28(16-18-30)31-8-5-7-27(21-31)23-40-34(43)9-3-1-2-4-10-35(44)41-45/h5-8,11-21,32-33,36,42,45H,1-4,9-10,22-25H2,(H,40,43)(H,41,44). The number of aliphatic hydroxyl groups excluding tert-OH is 1. The van der Waals surface area contributed by atoms with Crippen LogP contribution in [0.1, 0.15) is 79.6 Å². The molecule has 0 radical (unpaired) electrons. The monoisotopic (exact) mass is 670 g/mol. The lowest BCUT2D eigenvalue weighted by Crippen LogP contribution is -2.31. The first-order valence-corrected chi connectivity index (χ1v) is 17.3. The van der Waals surface area contributed by atoms with Gasteiger partial charge in [0.1, 0.15) is 0 Å². The molecule has 3 atom stereocenters. The van der Waals surface area contributed by atoms with E-state index in [0.717, 1.165) is 52.6 Å². The molecular weight excluding hydrogens is 628 g/mol. The molecule has 4 N–H and O–H groups in total. The summed E-state index contributed by atoms with van der Waals surface area (Å²) in [5.74, 6) is 0.302. The molecule has 2 amide bonds. The van der Waals surface area contributed by atoms with Crippen LogP contribution in [0.25, 0.3) is 11.1 Å². The molecule has 1 aliphatic heterocycles. The first kappa shape index (κ1) is 35.2. The fraction of sp³-hybridized carbons (Fsp3) is 0.351. The van der Waals surface area contributed by atoms with Crippen LogP contribution in [-0.4, -0.2) is 44.0 Å². The minimum Gasteiger partial charge on any atom is -0.392 e. The van der Waals surface area contributed by atoms with E-state index in [1.807, 2.05) is 48.5 Å². The number of aliphatic hydroxyl groups is 1. The molecule has 1 aromatic heterocycles. The van der Waals surface area contributed by atoms with Gasteiger partial charge in [-0.15, -0.1) is 0 Å². The molecule has 1 aliphatic rings. The zero-order chi connectivity index (χ0) is 33.6. The van der Waals surface area contributed by atoms with Crippen LogP contribution in [0.5, 0.6) is 0 Å². The topological polar surface area (TPSA) is 143 Å². The number of thioether (sulfide) groups is 1. The highest BCUT2D eigenvalue weighted by Gasteiger charge is 2.32. The summed E-state index contributed by atoms with van der Waals surface area (Å²) < 4.78 is 13.0. The normalized spacial score (nSPS) is 17.5. The van der Waals surface area contributed by atoms with Gasteiger partial charge in [0.25, 0.3) is 0 Å². The van der Waals surface area contributed by atoms with Gasteiger partial charge in [-0.25, -0.2) is 15.4 Å². The first-order chi connectivity index (χ1) is 23.5. The maximum Gasteiger partial charge on any atom is 0.243 e. The van der Waals surface area contributed by atoms with E-state index in [0.29, 0.717) is 36.7 Å². The number of aromatic nitrogens is 2. The van der Waals surface area contributed by atoms with Crippen molar-refractivity contribution in [3.8, 4) is 11.1 Å². The second kappa shape index (κ2) is 18.4. The van der Waals surface area contributed by atoms with Gasteiger partial charge in [-0.05, 0) is 52.8 Å². The Morgan fingerprint density at radius 2 is 1.50 bits per heavy atom. The van der Waals surface area contributed by atoms with E-state index in [-0.39, 0.29) is 37.0 Å². The number of benzene rings is 3. The third kappa shape index (κ3) is 10.7. The Kier molecular flexibility index (Phi) is 13.5. The summed E-state index contributed by atoms with van der Waals surface area (Å²) in [6.07, 6.45) is 7.19. The minimum atomic E-state index is -0.556. The van der Waals surface area contributed by atoms with Crippen LogP contribution in [0, 0.1) is 0 Å². The van der Waals surface area contributed by atoms with Crippen LogP contribution in [-0.2, 0) is 32.2 Å². The zero-order valence-corrected chi connectivity index (χ0v) is 27.6. The molecule has 0 bridgehead atoms. The highest BCUT2D eigenvalue weighted by Crippen LogP contribution is 2.39. The number of nitrogens with one attached hydrogen (secondary N) is 2. The summed E-state index contributed by atoms with van der Waals surface area (Å²) in [4.78, 5) is 32.1. The molecule has 0 saturated carbocycles. The Hall–Kier alpha value is -4.13. The summed E-state index contributed by atoms with van der Waals surface area (Å²) in [6, 6.07) is 26.0. The van der Waals surface area contributed by atoms with Crippen molar-refractivity contribution in [3.05, 3.63) is 114 Å². The zero-order valence-electron chi connectivity index (χ0n) is 26.8. The van der Waals surface area contributed by atoms with Gasteiger partial charge in [0.05, 0.1) is 18.8 Å². The van der Waals surface area contributed by atoms with Gasteiger partial charge >= 0.3 is 0 Å². The lowest BCUT2D eigenvalue weighted by atomic mass is 9.99. The van der Waals surface area contributed by atoms with E-state index in [4.69, 9.17) is 14.7 Å². The molecule has 0 spiro atoms. The van der Waals surface area contributed by atoms with Crippen molar-refractivity contribution in [2.45, 2.75) is 81.8 Å². The number of hydrogen-bond acceptors (Lipinski definition) is 9. The van der Waals surface area contributed by atoms with E-state index >= 15 is 0 Å². The number of ether oxygens (including phenoxy) is 2. The largest absolute Gasteiger partial charge is 0.392 e. The van der Waals surface area contributed by atoms with Gasteiger partial charge in [-0.3, -0.25) is 14.8 Å². The van der Waals surface area contributed by atoms with Gasteiger partial charge in [0.15, 0.2) is 11.4 Å². The quantitative estimate of drug-likeness (QED) is 0.0348. The fourth-order valence-corrected chi connectivity index (χ4v) is 6.33. The summed E-state index contributed by atoms with van der Waals surface area (Å²) in [5, 5.41) is 21.7. The first-order valence-electron chi connectivity index (χ1n) is 16.3. The Balaban J connectivity index is 1.18. The SMILES string of the molecule is O=C(CCCCCCC(=O)NCc1cccc(-c2ccc(C3OC(CSc4ncccn4)CC(c4ccc(CO)cc4)O3)cc2)c1)NO. The molecule has 1 saturated heterocycles. The Labute approximate surface area is 285 Å². The van der Waals surface area contributed by atoms with Crippen molar-refractivity contribution >= 4 is 23.6 Å². The predicted octanol–water partition coefficient (Wildman–Crippen LogP) is 6.44. The van der Waals surface area contributed by atoms with E-state index in [2.05, 4.69) is 39.6 Å². The number of hydrogen-bond donors (Lipinski definition) is 4. The molecule has 0 aliphatic carbocycles. The maximum atomic E-state index is 12.4. The van der Waals surface area contributed by atoms with E-state index in [9.17, 15) is 14.7 Å². The smallest absolute Gasteiger partial charge is 0.243 e. The highest BCUT2D eigenvalue weighted by atomic mass is 32.2. The van der Waals surface area contributed by atoms with Crippen molar-refractivity contribution in [2.75, 3.05) is 5.75 Å². The average molecular weight is 671 g/mol. The van der Waals surface area contributed by atoms with Crippen LogP contribution in [0.4, 0.5) is 0 Å². The number of carbonyl (C=O) groups excluding carboxylic acids is 2. The van der Waals surface area contributed by atoms with Crippen molar-refractivity contribution in [1.29, 1.82) is 0 Å². The molecule has 252 valence electrons. The number of nitrogens with zero attached hydrogens (tertiary/aromatic N) is 2. The second-order valence-electron chi connectivity index (χ2n) is 11.7. The van der Waals surface area contributed by atoms with Crippen LogP contribution in [0.3, 0.4) is 0 Å². The molecule has 1 fully saturated rings. The predicted molar refractivity (Wildman–Crippen MR) is 183 cm³/mol. The molecule has 4 aromatic rings. The van der Waals surface area contributed by atoms with Crippen molar-refractivity contribution < 1.29 is 29.4 Å². The summed E-state index contributed by atoms with van der Waals surface area (Å²) >= 11 is 1.56. The van der Waals surface area contributed by atoms with Gasteiger partial charge < -0.3 is 19.9 Å². The molecule has 48 heavy (non-hydrogen) atoms. The van der Waals surface area contributed by atoms with Crippen LogP contribution in [0.2, 0.25) is 0 Å². The number of rotatable bonds is 16. The Bertz CT molecular complexity index is 1590. The van der Waals surface area contributed by atoms with Crippen molar-refractivity contribution in [2.24, 2.45) is 0 Å². The summed E-state index contributed by atoms with van der Waals surface area (Å²) in [7, 11) is 0. The molecule has 3 unspecified atom stereocenters. The van der Waals surface area contributed by atoms with E-state index in [1.165, 1.54) is 0 Å². The van der Waals surface area contributed by atoms with E-state index in [1.54, 1.807) is 35.7 Å². The molecule has 11 heteroatoms. The maximum absolute atomic E-state index is 12.4. The van der Waals surface area contributed by atoms with Gasteiger partial charge in [-0.1, -0.05) is 91.3 Å². The molecule has 3 aromatic carbocycles. The molecule has 10 nitrogen and oxygen atoms in total. The summed E-state index contributed by atoms with van der Waals surface area (Å²) in [5.41, 5.74) is 7.55. The second-order valence-corrected chi connectivity index (χ2v) is 12.7. The number of unbranched alkanes of at least 4 members (excludes halogenated alkanes) is 3. The number of carbonyl (C=O) groups is 2. The van der Waals surface area contributed by atoms with Gasteiger partial charge in [-0.2, -0.15) is 0 Å². The van der Waals surface area contributed by atoms with Crippen LogP contribution < -0.4 is 10.8 Å². The minimum absolute atomic E-state index is 0.000909. The highest BCUT2D eigenvalue weighted by molar-refractivity contribution is 7.99. The third-order valence-corrected chi connectivity index (χ3v) is 9.18. The number of amides is 2. The lowest BCUT2D eigenvalue weighted by molar-refractivity contribution is -0.245. The molecular formula is C37H42N4O6S. The van der Waals surface area contributed by atoms with E-state index < -0.39 is 6.29 Å². The van der Waals surface area contributed by atoms with Crippen molar-refractivity contribution in [1.82, 2.24) is 20.8 Å². The lowest BCUT2D eigenvalue weighted by Gasteiger charge is -2.36. The molecule has 5 rings (SSSR count). The average Bonchev–Trinajstić information content (AvgIpc) is 3.15. The third-order valence-electron chi connectivity index (χ3n) is 8.17.